The maximum absolute atomic E-state index is 12.8. The van der Waals surface area contributed by atoms with Gasteiger partial charge in [0, 0.05) is 51.5 Å². The molecule has 0 N–H and O–H groups in total. The molecule has 2 aliphatic heterocycles. The molecule has 25 heavy (non-hydrogen) atoms. The molecule has 0 unspecified atom stereocenters. The first kappa shape index (κ1) is 18.2. The second-order valence-electron chi connectivity index (χ2n) is 6.97. The maximum Gasteiger partial charge on any atom is 0.304 e. The number of hydrogen-bond donors (Lipinski definition) is 0. The molecule has 0 radical (unpaired) electrons. The van der Waals surface area contributed by atoms with Crippen molar-refractivity contribution in [2.24, 2.45) is 7.05 Å². The summed E-state index contributed by atoms with van der Waals surface area (Å²) in [5.74, 6) is -0.135. The van der Waals surface area contributed by atoms with E-state index in [4.69, 9.17) is 0 Å². The van der Waals surface area contributed by atoms with E-state index in [-0.39, 0.29) is 24.5 Å². The fraction of sp³-hybridized carbons (Fsp3) is 0.733. The third-order valence-electron chi connectivity index (χ3n) is 5.07. The van der Waals surface area contributed by atoms with Crippen LogP contribution in [-0.4, -0.2) is 90.1 Å². The van der Waals surface area contributed by atoms with Crippen LogP contribution in [0.1, 0.15) is 13.8 Å². The number of aryl methyl sites for hydroxylation is 1. The van der Waals surface area contributed by atoms with Gasteiger partial charge in [-0.2, -0.15) is 17.8 Å². The molecule has 3 heterocycles. The predicted molar refractivity (Wildman–Crippen MR) is 94.3 cm³/mol. The van der Waals surface area contributed by atoms with Crippen LogP contribution in [0.2, 0.25) is 0 Å². The normalized spacial score (nSPS) is 27.8. The van der Waals surface area contributed by atoms with Crippen LogP contribution in [0.4, 0.5) is 5.69 Å². The van der Waals surface area contributed by atoms with Gasteiger partial charge in [0.15, 0.2) is 0 Å². The zero-order valence-electron chi connectivity index (χ0n) is 15.2. The lowest BCUT2D eigenvalue weighted by Crippen LogP contribution is -2.58. The molecular weight excluding hydrogens is 344 g/mol. The molecule has 3 rings (SSSR count). The lowest BCUT2D eigenvalue weighted by atomic mass is 10.1. The summed E-state index contributed by atoms with van der Waals surface area (Å²) >= 11 is 0. The Bertz CT molecular complexity index is 748. The quantitative estimate of drug-likeness (QED) is 0.705. The van der Waals surface area contributed by atoms with E-state index >= 15 is 0 Å². The molecule has 0 bridgehead atoms. The Morgan fingerprint density at radius 3 is 2.56 bits per heavy atom. The van der Waals surface area contributed by atoms with Gasteiger partial charge in [0.2, 0.25) is 5.91 Å². The Kier molecular flexibility index (Phi) is 4.78. The summed E-state index contributed by atoms with van der Waals surface area (Å²) in [6.45, 7) is 6.01. The van der Waals surface area contributed by atoms with Crippen molar-refractivity contribution < 1.29 is 13.2 Å². The van der Waals surface area contributed by atoms with Gasteiger partial charge >= 0.3 is 10.2 Å². The summed E-state index contributed by atoms with van der Waals surface area (Å²) < 4.78 is 29.6. The molecule has 0 saturated carbocycles. The molecule has 1 aromatic rings. The van der Waals surface area contributed by atoms with Crippen LogP contribution < -0.4 is 4.31 Å². The average Bonchev–Trinajstić information content (AvgIpc) is 3.06. The molecular formula is C15H26N6O3S. The van der Waals surface area contributed by atoms with Crippen molar-refractivity contribution >= 4 is 21.8 Å². The smallest absolute Gasteiger partial charge is 0.304 e. The number of aromatic nitrogens is 2. The van der Waals surface area contributed by atoms with Crippen LogP contribution in [0, 0.1) is 0 Å². The van der Waals surface area contributed by atoms with Gasteiger partial charge < -0.3 is 4.90 Å². The van der Waals surface area contributed by atoms with E-state index in [1.165, 1.54) is 14.8 Å². The predicted octanol–water partition coefficient (Wildman–Crippen LogP) is -0.662. The lowest BCUT2D eigenvalue weighted by molar-refractivity contribution is -0.136. The first-order valence-electron chi connectivity index (χ1n) is 8.46. The average molecular weight is 370 g/mol. The SMILES string of the molecule is C[C@@H]1CN(C(=O)CN2CCN(c3cnn(C)c3)S2(=O)=O)[C@@H](C)CN1C. The van der Waals surface area contributed by atoms with Gasteiger partial charge in [-0.1, -0.05) is 0 Å². The van der Waals surface area contributed by atoms with E-state index in [1.54, 1.807) is 22.8 Å². The number of amides is 1. The first-order valence-corrected chi connectivity index (χ1v) is 9.86. The third kappa shape index (κ3) is 3.38. The van der Waals surface area contributed by atoms with Gasteiger partial charge in [-0.25, -0.2) is 0 Å². The summed E-state index contributed by atoms with van der Waals surface area (Å²) in [6, 6.07) is 0.343. The van der Waals surface area contributed by atoms with Gasteiger partial charge in [0.1, 0.15) is 0 Å². The van der Waals surface area contributed by atoms with Gasteiger partial charge in [-0.15, -0.1) is 0 Å². The maximum atomic E-state index is 12.8. The number of rotatable bonds is 3. The summed E-state index contributed by atoms with van der Waals surface area (Å²) in [5.41, 5.74) is 0.527. The standard InChI is InChI=1S/C15H26N6O3S/c1-12-9-20(13(2)8-17(12)3)15(22)11-19-5-6-21(25(19,23)24)14-7-16-18(4)10-14/h7,10,12-13H,5-6,8-9,11H2,1-4H3/t12-,13+/m1/s1. The van der Waals surface area contributed by atoms with Crippen molar-refractivity contribution in [3.63, 3.8) is 0 Å². The highest BCUT2D eigenvalue weighted by molar-refractivity contribution is 7.90. The highest BCUT2D eigenvalue weighted by Gasteiger charge is 2.40. The van der Waals surface area contributed by atoms with Crippen molar-refractivity contribution in [2.75, 3.05) is 44.1 Å². The number of piperazine rings is 1. The van der Waals surface area contributed by atoms with Crippen LogP contribution in [0.5, 0.6) is 0 Å². The van der Waals surface area contributed by atoms with E-state index in [0.29, 0.717) is 25.3 Å². The second kappa shape index (κ2) is 6.58. The first-order chi connectivity index (χ1) is 11.7. The summed E-state index contributed by atoms with van der Waals surface area (Å²) in [5, 5.41) is 4.02. The Hall–Kier alpha value is -1.65. The fourth-order valence-corrected chi connectivity index (χ4v) is 4.96. The van der Waals surface area contributed by atoms with Crippen LogP contribution in [0.25, 0.3) is 0 Å². The number of carbonyl (C=O) groups is 1. The van der Waals surface area contributed by atoms with Crippen molar-refractivity contribution in [3.8, 4) is 0 Å². The molecule has 2 aliphatic rings. The fourth-order valence-electron chi connectivity index (χ4n) is 3.42. The third-order valence-corrected chi connectivity index (χ3v) is 6.98. The van der Waals surface area contributed by atoms with E-state index in [0.717, 1.165) is 6.54 Å². The molecule has 0 aliphatic carbocycles. The zero-order chi connectivity index (χ0) is 18.4. The molecule has 140 valence electrons. The van der Waals surface area contributed by atoms with Crippen LogP contribution in [0.15, 0.2) is 12.4 Å². The van der Waals surface area contributed by atoms with Gasteiger partial charge in [-0.3, -0.25) is 18.7 Å². The van der Waals surface area contributed by atoms with Crippen molar-refractivity contribution in [1.82, 2.24) is 23.9 Å². The van der Waals surface area contributed by atoms with E-state index < -0.39 is 10.2 Å². The minimum absolute atomic E-state index is 0.0773. The molecule has 10 heteroatoms. The largest absolute Gasteiger partial charge is 0.336 e. The summed E-state index contributed by atoms with van der Waals surface area (Å²) in [4.78, 5) is 16.7. The van der Waals surface area contributed by atoms with Crippen LogP contribution in [0.3, 0.4) is 0 Å². The second-order valence-corrected chi connectivity index (χ2v) is 8.82. The molecule has 2 atom stereocenters. The van der Waals surface area contributed by atoms with E-state index in [1.807, 2.05) is 14.0 Å². The minimum Gasteiger partial charge on any atom is -0.336 e. The van der Waals surface area contributed by atoms with Gasteiger partial charge in [0.25, 0.3) is 0 Å². The highest BCUT2D eigenvalue weighted by Crippen LogP contribution is 2.25. The molecule has 0 aromatic carbocycles. The topological polar surface area (TPSA) is 82.0 Å². The van der Waals surface area contributed by atoms with Crippen molar-refractivity contribution in [2.45, 2.75) is 25.9 Å². The van der Waals surface area contributed by atoms with Gasteiger partial charge in [0.05, 0.1) is 18.4 Å². The Morgan fingerprint density at radius 2 is 1.92 bits per heavy atom. The van der Waals surface area contributed by atoms with E-state index in [9.17, 15) is 13.2 Å². The van der Waals surface area contributed by atoms with Crippen molar-refractivity contribution in [3.05, 3.63) is 12.4 Å². The molecule has 0 spiro atoms. The monoisotopic (exact) mass is 370 g/mol. The number of anilines is 1. The van der Waals surface area contributed by atoms with Gasteiger partial charge in [-0.05, 0) is 20.9 Å². The minimum atomic E-state index is -3.69. The molecule has 2 saturated heterocycles. The van der Waals surface area contributed by atoms with Crippen LogP contribution in [-0.2, 0) is 22.1 Å². The zero-order valence-corrected chi connectivity index (χ0v) is 16.0. The molecule has 1 aromatic heterocycles. The number of hydrogen-bond acceptors (Lipinski definition) is 5. The van der Waals surface area contributed by atoms with Crippen LogP contribution >= 0.6 is 0 Å². The molecule has 9 nitrogen and oxygen atoms in total. The van der Waals surface area contributed by atoms with E-state index in [2.05, 4.69) is 16.9 Å². The molecule has 2 fully saturated rings. The Morgan fingerprint density at radius 1 is 1.20 bits per heavy atom. The Balaban J connectivity index is 1.70. The lowest BCUT2D eigenvalue weighted by Gasteiger charge is -2.42. The summed E-state index contributed by atoms with van der Waals surface area (Å²) in [6.07, 6.45) is 3.18. The summed E-state index contributed by atoms with van der Waals surface area (Å²) in [7, 11) is 0.0932. The number of carbonyl (C=O) groups excluding carboxylic acids is 1. The number of nitrogens with zero attached hydrogens (tertiary/aromatic N) is 6. The van der Waals surface area contributed by atoms with Crippen molar-refractivity contribution in [1.29, 1.82) is 0 Å². The Labute approximate surface area is 149 Å². The highest BCUT2D eigenvalue weighted by atomic mass is 32.2. The number of likely N-dealkylation sites (N-methyl/N-ethyl adjacent to an activating group) is 1. The molecule has 1 amide bonds.